The molecule has 7 heterocycles. The molecule has 0 bridgehead atoms. The third-order valence-corrected chi connectivity index (χ3v) is 12.6. The van der Waals surface area contributed by atoms with Crippen LogP contribution in [0.4, 0.5) is 26.1 Å². The van der Waals surface area contributed by atoms with Crippen LogP contribution in [0.2, 0.25) is 0 Å². The number of aromatic carboxylic acids is 1. The highest BCUT2D eigenvalue weighted by molar-refractivity contribution is 5.87. The minimum atomic E-state index is -2.65. The molecule has 2 fully saturated rings. The zero-order chi connectivity index (χ0) is 38.5. The third kappa shape index (κ3) is 7.20. The topological polar surface area (TPSA) is 116 Å². The Hall–Kier alpha value is -4.85. The second-order valence-electron chi connectivity index (χ2n) is 16.2. The lowest BCUT2D eigenvalue weighted by Gasteiger charge is -2.45. The van der Waals surface area contributed by atoms with Gasteiger partial charge in [0, 0.05) is 107 Å². The van der Waals surface area contributed by atoms with Crippen molar-refractivity contribution in [2.45, 2.75) is 71.9 Å². The molecule has 14 heteroatoms. The molecule has 55 heavy (non-hydrogen) atoms. The largest absolute Gasteiger partial charge is 0.478 e. The summed E-state index contributed by atoms with van der Waals surface area (Å²) in [4.78, 5) is 37.3. The van der Waals surface area contributed by atoms with Gasteiger partial charge in [0.05, 0.1) is 24.3 Å². The molecule has 2 atom stereocenters. The Bertz CT molecular complexity index is 2040. The summed E-state index contributed by atoms with van der Waals surface area (Å²) < 4.78 is 33.2. The van der Waals surface area contributed by atoms with Crippen LogP contribution in [0.3, 0.4) is 0 Å². The van der Waals surface area contributed by atoms with Crippen LogP contribution < -0.4 is 9.80 Å². The average molecular weight is 756 g/mol. The summed E-state index contributed by atoms with van der Waals surface area (Å²) in [6.07, 6.45) is 6.51. The Morgan fingerprint density at radius 1 is 1.00 bits per heavy atom. The number of aryl methyl sites for hydroxylation is 2. The lowest BCUT2D eigenvalue weighted by molar-refractivity contribution is -0.129. The normalized spacial score (nSPS) is 22.2. The van der Waals surface area contributed by atoms with Crippen LogP contribution in [0.15, 0.2) is 42.9 Å². The minimum absolute atomic E-state index is 0.00921. The van der Waals surface area contributed by atoms with Gasteiger partial charge in [-0.25, -0.2) is 18.6 Å². The first-order chi connectivity index (χ1) is 26.4. The molecular weight excluding hydrogens is 705 g/mol. The molecule has 1 aromatic carbocycles. The van der Waals surface area contributed by atoms with Crippen LogP contribution in [-0.4, -0.2) is 97.1 Å². The van der Waals surface area contributed by atoms with E-state index in [1.807, 2.05) is 17.0 Å². The molecule has 3 aromatic heterocycles. The van der Waals surface area contributed by atoms with Crippen molar-refractivity contribution in [3.05, 3.63) is 70.8 Å². The van der Waals surface area contributed by atoms with Gasteiger partial charge in [0.25, 0.3) is 6.43 Å². The highest BCUT2D eigenvalue weighted by Crippen LogP contribution is 2.44. The molecule has 0 radical (unpaired) electrons. The molecule has 0 spiro atoms. The first-order valence-corrected chi connectivity index (χ1v) is 19.7. The molecule has 2 saturated heterocycles. The third-order valence-electron chi connectivity index (χ3n) is 12.6. The molecular formula is C41H51F2N9O3. The van der Waals surface area contributed by atoms with Crippen molar-refractivity contribution in [1.82, 2.24) is 34.3 Å². The maximum absolute atomic E-state index is 14.7. The van der Waals surface area contributed by atoms with Crippen molar-refractivity contribution in [3.8, 4) is 11.1 Å². The number of amides is 1. The number of hydrogen-bond donors (Lipinski definition) is 1. The van der Waals surface area contributed by atoms with Crippen molar-refractivity contribution in [2.75, 3.05) is 55.6 Å². The maximum atomic E-state index is 14.7. The molecule has 4 aliphatic heterocycles. The predicted molar refractivity (Wildman–Crippen MR) is 206 cm³/mol. The van der Waals surface area contributed by atoms with Gasteiger partial charge in [-0.05, 0) is 78.8 Å². The van der Waals surface area contributed by atoms with Gasteiger partial charge in [0.2, 0.25) is 5.91 Å². The van der Waals surface area contributed by atoms with Crippen LogP contribution in [0.25, 0.3) is 11.1 Å². The SMILES string of the molecule is CC(=O)N1CCc2c(c(N3CCCc4cc(-c5cnn(C)c5)c(C(F)F)cc43)nn2C2CCN(CC3C(C)CN(c4ccc(C(=O)O)cn4)CC3C)CC2)C1. The molecule has 1 N–H and O–H groups in total. The van der Waals surface area contributed by atoms with Gasteiger partial charge in [-0.2, -0.15) is 10.2 Å². The summed E-state index contributed by atoms with van der Waals surface area (Å²) in [6, 6.07) is 7.24. The van der Waals surface area contributed by atoms with E-state index in [4.69, 9.17) is 5.10 Å². The molecule has 8 rings (SSSR count). The lowest BCUT2D eigenvalue weighted by Crippen LogP contribution is -2.49. The molecule has 4 aliphatic rings. The van der Waals surface area contributed by atoms with E-state index in [2.05, 4.69) is 43.3 Å². The van der Waals surface area contributed by atoms with Gasteiger partial charge in [-0.1, -0.05) is 13.8 Å². The number of piperidine rings is 2. The van der Waals surface area contributed by atoms with Crippen LogP contribution in [0, 0.1) is 17.8 Å². The number of carbonyl (C=O) groups excluding carboxylic acids is 1. The number of nitrogens with zero attached hydrogens (tertiary/aromatic N) is 9. The van der Waals surface area contributed by atoms with E-state index in [1.165, 1.54) is 11.9 Å². The van der Waals surface area contributed by atoms with Gasteiger partial charge in [0.15, 0.2) is 5.82 Å². The summed E-state index contributed by atoms with van der Waals surface area (Å²) in [6.45, 7) is 12.7. The number of likely N-dealkylation sites (tertiary alicyclic amines) is 1. The van der Waals surface area contributed by atoms with Gasteiger partial charge in [0.1, 0.15) is 5.82 Å². The zero-order valence-corrected chi connectivity index (χ0v) is 32.2. The van der Waals surface area contributed by atoms with Crippen LogP contribution >= 0.6 is 0 Å². The van der Waals surface area contributed by atoms with Crippen molar-refractivity contribution < 1.29 is 23.5 Å². The van der Waals surface area contributed by atoms with E-state index in [0.29, 0.717) is 54.9 Å². The zero-order valence-electron chi connectivity index (χ0n) is 32.2. The average Bonchev–Trinajstić information content (AvgIpc) is 3.79. The summed E-state index contributed by atoms with van der Waals surface area (Å²) in [5.41, 5.74) is 5.38. The van der Waals surface area contributed by atoms with E-state index in [9.17, 15) is 23.5 Å². The number of carboxylic acid groups (broad SMARTS) is 1. The number of carboxylic acids is 1. The van der Waals surface area contributed by atoms with Crippen molar-refractivity contribution in [3.63, 3.8) is 0 Å². The van der Waals surface area contributed by atoms with E-state index in [-0.39, 0.29) is 23.1 Å². The Morgan fingerprint density at radius 3 is 2.40 bits per heavy atom. The standard InChI is InChI=1S/C41H51F2N9O3/c1-25-20-50(38-8-7-29(18-44-38)41(54)55)21-26(2)34(25)23-48-13-9-31(10-14-48)52-36-11-15-49(27(3)53)24-35(36)40(46-52)51-12-5-6-28-16-32(30-19-45-47(4)22-30)33(39(42)43)17-37(28)51/h7-8,16-19,22,25-26,31,34,39H,5-6,9-15,20-21,23-24H2,1-4H3,(H,54,55). The number of carbonyl (C=O) groups is 2. The van der Waals surface area contributed by atoms with E-state index in [1.54, 1.807) is 43.2 Å². The van der Waals surface area contributed by atoms with Crippen molar-refractivity contribution in [1.29, 1.82) is 0 Å². The number of rotatable bonds is 8. The molecule has 0 aliphatic carbocycles. The van der Waals surface area contributed by atoms with Gasteiger partial charge in [-0.3, -0.25) is 14.2 Å². The fourth-order valence-corrected chi connectivity index (χ4v) is 9.57. The molecule has 292 valence electrons. The van der Waals surface area contributed by atoms with Crippen LogP contribution in [0.1, 0.15) is 85.2 Å². The molecule has 12 nitrogen and oxygen atoms in total. The summed E-state index contributed by atoms with van der Waals surface area (Å²) in [5.74, 6) is 2.11. The lowest BCUT2D eigenvalue weighted by atomic mass is 9.78. The monoisotopic (exact) mass is 755 g/mol. The molecule has 4 aromatic rings. The number of fused-ring (bicyclic) bond motifs is 2. The van der Waals surface area contributed by atoms with Crippen molar-refractivity contribution in [2.24, 2.45) is 24.8 Å². The second kappa shape index (κ2) is 15.0. The van der Waals surface area contributed by atoms with E-state index < -0.39 is 12.4 Å². The Labute approximate surface area is 320 Å². The minimum Gasteiger partial charge on any atom is -0.478 e. The molecule has 1 amide bonds. The number of pyridine rings is 1. The fraction of sp³-hybridized carbons (Fsp3) is 0.537. The summed E-state index contributed by atoms with van der Waals surface area (Å²) in [7, 11) is 1.79. The Kier molecular flexibility index (Phi) is 10.1. The number of aromatic nitrogens is 5. The van der Waals surface area contributed by atoms with Gasteiger partial charge < -0.3 is 24.7 Å². The molecule has 0 saturated carbocycles. The highest BCUT2D eigenvalue weighted by Gasteiger charge is 2.37. The van der Waals surface area contributed by atoms with Gasteiger partial charge >= 0.3 is 5.97 Å². The number of anilines is 3. The van der Waals surface area contributed by atoms with Gasteiger partial charge in [-0.15, -0.1) is 0 Å². The number of halogens is 2. The number of alkyl halides is 2. The van der Waals surface area contributed by atoms with Crippen LogP contribution in [-0.2, 0) is 31.2 Å². The molecule has 2 unspecified atom stereocenters. The van der Waals surface area contributed by atoms with Crippen molar-refractivity contribution >= 4 is 29.2 Å². The number of hydrogen-bond acceptors (Lipinski definition) is 8. The fourth-order valence-electron chi connectivity index (χ4n) is 9.57. The first kappa shape index (κ1) is 37.1. The highest BCUT2D eigenvalue weighted by atomic mass is 19.3. The second-order valence-corrected chi connectivity index (χ2v) is 16.2. The first-order valence-electron chi connectivity index (χ1n) is 19.7. The van der Waals surface area contributed by atoms with E-state index in [0.717, 1.165) is 86.9 Å². The smallest absolute Gasteiger partial charge is 0.337 e. The quantitative estimate of drug-likeness (QED) is 0.220. The Balaban J connectivity index is 1.01. The number of benzene rings is 1. The summed E-state index contributed by atoms with van der Waals surface area (Å²) >= 11 is 0. The van der Waals surface area contributed by atoms with E-state index >= 15 is 0 Å². The maximum Gasteiger partial charge on any atom is 0.337 e. The summed E-state index contributed by atoms with van der Waals surface area (Å²) in [5, 5.41) is 18.9. The Morgan fingerprint density at radius 2 is 1.76 bits per heavy atom. The predicted octanol–water partition coefficient (Wildman–Crippen LogP) is 6.35. The van der Waals surface area contributed by atoms with Crippen LogP contribution in [0.5, 0.6) is 0 Å².